The number of methoxy groups -OCH3 is 1. The maximum absolute atomic E-state index is 11.8. The maximum Gasteiger partial charge on any atom is 0.306 e. The normalized spacial score (nSPS) is 15.0. The van der Waals surface area contributed by atoms with Crippen LogP contribution in [0.3, 0.4) is 0 Å². The van der Waals surface area contributed by atoms with Crippen LogP contribution >= 0.6 is 23.1 Å². The Morgan fingerprint density at radius 3 is 2.95 bits per heavy atom. The fourth-order valence-corrected chi connectivity index (χ4v) is 3.88. The molecule has 7 heteroatoms. The Hall–Kier alpha value is -1.52. The summed E-state index contributed by atoms with van der Waals surface area (Å²) in [6.07, 6.45) is 2.46. The molecular formula is C14H16N2O3S2. The van der Waals surface area contributed by atoms with Gasteiger partial charge in [0.2, 0.25) is 5.91 Å². The topological polar surface area (TPSA) is 79.2 Å². The number of nitrogens with zero attached hydrogens (tertiary/aromatic N) is 1. The molecule has 0 bridgehead atoms. The van der Waals surface area contributed by atoms with Gasteiger partial charge in [0.05, 0.1) is 24.8 Å². The molecule has 1 aromatic heterocycles. The summed E-state index contributed by atoms with van der Waals surface area (Å²) in [5.74, 6) is 0.805. The van der Waals surface area contributed by atoms with E-state index in [0.717, 1.165) is 18.6 Å². The van der Waals surface area contributed by atoms with E-state index in [1.54, 1.807) is 11.4 Å². The highest BCUT2D eigenvalue weighted by Crippen LogP contribution is 2.51. The van der Waals surface area contributed by atoms with E-state index in [1.807, 2.05) is 6.07 Å². The van der Waals surface area contributed by atoms with E-state index in [0.29, 0.717) is 22.7 Å². The second-order valence-corrected chi connectivity index (χ2v) is 6.97. The number of thiophene rings is 1. The maximum atomic E-state index is 11.8. The summed E-state index contributed by atoms with van der Waals surface area (Å²) in [7, 11) is 1.40. The Morgan fingerprint density at radius 1 is 1.57 bits per heavy atom. The Kier molecular flexibility index (Phi) is 5.26. The van der Waals surface area contributed by atoms with Crippen molar-refractivity contribution in [3.05, 3.63) is 17.0 Å². The molecule has 0 unspecified atom stereocenters. The Balaban J connectivity index is 1.73. The first-order chi connectivity index (χ1) is 10.1. The van der Waals surface area contributed by atoms with E-state index >= 15 is 0 Å². The number of carbonyl (C=O) groups is 2. The van der Waals surface area contributed by atoms with Crippen molar-refractivity contribution >= 4 is 40.0 Å². The molecule has 1 saturated carbocycles. The van der Waals surface area contributed by atoms with Crippen LogP contribution in [0.1, 0.15) is 24.8 Å². The number of nitriles is 1. The van der Waals surface area contributed by atoms with Gasteiger partial charge >= 0.3 is 5.97 Å². The molecule has 0 radical (unpaired) electrons. The molecule has 0 aliphatic heterocycles. The highest BCUT2D eigenvalue weighted by atomic mass is 32.2. The molecule has 1 N–H and O–H groups in total. The Morgan fingerprint density at radius 2 is 2.33 bits per heavy atom. The van der Waals surface area contributed by atoms with Gasteiger partial charge in [-0.3, -0.25) is 9.59 Å². The van der Waals surface area contributed by atoms with Crippen molar-refractivity contribution in [1.82, 2.24) is 0 Å². The number of anilines is 1. The predicted molar refractivity (Wildman–Crippen MR) is 83.3 cm³/mol. The average molecular weight is 324 g/mol. The van der Waals surface area contributed by atoms with Gasteiger partial charge in [0.1, 0.15) is 11.1 Å². The molecule has 0 spiro atoms. The van der Waals surface area contributed by atoms with Gasteiger partial charge in [-0.2, -0.15) is 17.0 Å². The lowest BCUT2D eigenvalue weighted by atomic mass is 10.1. The minimum atomic E-state index is -0.185. The van der Waals surface area contributed by atoms with E-state index < -0.39 is 0 Å². The zero-order valence-electron chi connectivity index (χ0n) is 11.7. The van der Waals surface area contributed by atoms with Gasteiger partial charge in [0.15, 0.2) is 0 Å². The monoisotopic (exact) mass is 324 g/mol. The molecule has 0 atom stereocenters. The molecular weight excluding hydrogens is 308 g/mol. The fraction of sp³-hybridized carbons (Fsp3) is 0.500. The van der Waals surface area contributed by atoms with Gasteiger partial charge in [0.25, 0.3) is 0 Å². The van der Waals surface area contributed by atoms with Gasteiger partial charge < -0.3 is 10.1 Å². The van der Waals surface area contributed by atoms with Crippen molar-refractivity contribution in [3.8, 4) is 6.07 Å². The Bertz CT molecular complexity index is 573. The van der Waals surface area contributed by atoms with Crippen LogP contribution in [0.5, 0.6) is 0 Å². The highest BCUT2D eigenvalue weighted by Gasteiger charge is 2.44. The summed E-state index contributed by atoms with van der Waals surface area (Å²) in [5, 5.41) is 14.0. The SMILES string of the molecule is COC(=O)CC1(CSCC(=O)Nc2sccc2C#N)CC1. The number of esters is 1. The van der Waals surface area contributed by atoms with Crippen LogP contribution < -0.4 is 5.32 Å². The largest absolute Gasteiger partial charge is 0.469 e. The number of hydrogen-bond acceptors (Lipinski definition) is 6. The lowest BCUT2D eigenvalue weighted by Gasteiger charge is -2.12. The van der Waals surface area contributed by atoms with Crippen LogP contribution in [-0.2, 0) is 14.3 Å². The standard InChI is InChI=1S/C14H16N2O3S2/c1-19-12(18)6-14(3-4-14)9-20-8-11(17)16-13-10(7-15)2-5-21-13/h2,5H,3-4,6,8-9H2,1H3,(H,16,17). The van der Waals surface area contributed by atoms with Crippen LogP contribution in [0.15, 0.2) is 11.4 Å². The summed E-state index contributed by atoms with van der Waals surface area (Å²) < 4.78 is 4.69. The lowest BCUT2D eigenvalue weighted by molar-refractivity contribution is -0.141. The highest BCUT2D eigenvalue weighted by molar-refractivity contribution is 8.00. The average Bonchev–Trinajstić information content (AvgIpc) is 3.07. The molecule has 1 fully saturated rings. The number of carbonyl (C=O) groups excluding carboxylic acids is 2. The van der Waals surface area contributed by atoms with Gasteiger partial charge in [-0.1, -0.05) is 0 Å². The molecule has 1 aromatic rings. The molecule has 0 saturated heterocycles. The number of nitrogens with one attached hydrogen (secondary N) is 1. The number of thioether (sulfide) groups is 1. The van der Waals surface area contributed by atoms with Gasteiger partial charge in [-0.25, -0.2) is 0 Å². The number of amides is 1. The third-order valence-corrected chi connectivity index (χ3v) is 5.50. The summed E-state index contributed by atoms with van der Waals surface area (Å²) in [6.45, 7) is 0. The quantitative estimate of drug-likeness (QED) is 0.780. The van der Waals surface area contributed by atoms with E-state index in [9.17, 15) is 9.59 Å². The number of ether oxygens (including phenoxy) is 1. The van der Waals surface area contributed by atoms with Crippen molar-refractivity contribution in [2.45, 2.75) is 19.3 Å². The minimum Gasteiger partial charge on any atom is -0.469 e. The summed E-state index contributed by atoms with van der Waals surface area (Å²) in [4.78, 5) is 23.1. The Labute approximate surface area is 131 Å². The molecule has 0 aromatic carbocycles. The van der Waals surface area contributed by atoms with Crippen LogP contribution in [0.2, 0.25) is 0 Å². The van der Waals surface area contributed by atoms with Crippen LogP contribution in [-0.4, -0.2) is 30.5 Å². The van der Waals surface area contributed by atoms with Gasteiger partial charge in [-0.15, -0.1) is 11.3 Å². The molecule has 2 rings (SSSR count). The van der Waals surface area contributed by atoms with Gasteiger partial charge in [0, 0.05) is 0 Å². The van der Waals surface area contributed by atoms with Crippen LogP contribution in [0.4, 0.5) is 5.00 Å². The molecule has 1 aliphatic rings. The molecule has 5 nitrogen and oxygen atoms in total. The van der Waals surface area contributed by atoms with Crippen molar-refractivity contribution in [2.24, 2.45) is 5.41 Å². The number of rotatable bonds is 7. The van der Waals surface area contributed by atoms with Crippen molar-refractivity contribution in [1.29, 1.82) is 5.26 Å². The minimum absolute atomic E-state index is 0.0266. The van der Waals surface area contributed by atoms with Crippen molar-refractivity contribution < 1.29 is 14.3 Å². The molecule has 1 heterocycles. The van der Waals surface area contributed by atoms with E-state index in [-0.39, 0.29) is 17.3 Å². The fourth-order valence-electron chi connectivity index (χ4n) is 1.94. The van der Waals surface area contributed by atoms with E-state index in [4.69, 9.17) is 10.00 Å². The third-order valence-electron chi connectivity index (χ3n) is 3.38. The van der Waals surface area contributed by atoms with Gasteiger partial charge in [-0.05, 0) is 35.5 Å². The second-order valence-electron chi connectivity index (χ2n) is 5.07. The molecule has 1 amide bonds. The first kappa shape index (κ1) is 15.9. The molecule has 1 aliphatic carbocycles. The van der Waals surface area contributed by atoms with Crippen molar-refractivity contribution in [3.63, 3.8) is 0 Å². The first-order valence-electron chi connectivity index (χ1n) is 6.50. The second kappa shape index (κ2) is 6.96. The smallest absolute Gasteiger partial charge is 0.306 e. The summed E-state index contributed by atoms with van der Waals surface area (Å²) in [5.41, 5.74) is 0.515. The predicted octanol–water partition coefficient (Wildman–Crippen LogP) is 2.63. The zero-order chi connectivity index (χ0) is 15.3. The van der Waals surface area contributed by atoms with E-state index in [1.165, 1.54) is 30.2 Å². The van der Waals surface area contributed by atoms with Crippen LogP contribution in [0.25, 0.3) is 0 Å². The van der Waals surface area contributed by atoms with E-state index in [2.05, 4.69) is 5.32 Å². The van der Waals surface area contributed by atoms with Crippen molar-refractivity contribution in [2.75, 3.05) is 23.9 Å². The summed E-state index contributed by atoms with van der Waals surface area (Å²) in [6, 6.07) is 3.72. The third kappa shape index (κ3) is 4.48. The molecule has 112 valence electrons. The zero-order valence-corrected chi connectivity index (χ0v) is 13.3. The first-order valence-corrected chi connectivity index (χ1v) is 8.54. The molecule has 21 heavy (non-hydrogen) atoms. The van der Waals surface area contributed by atoms with Crippen LogP contribution in [0, 0.1) is 16.7 Å². The lowest BCUT2D eigenvalue weighted by Crippen LogP contribution is -2.17. The number of hydrogen-bond donors (Lipinski definition) is 1. The summed E-state index contributed by atoms with van der Waals surface area (Å²) >= 11 is 2.86.